The molecule has 1 aromatic rings. The third-order valence-electron chi connectivity index (χ3n) is 3.67. The standard InChI is InChI=1S/C14H24N2O/c1-2-5-13-6-3-4-7-16(13)10-14-8-12(9-15)11-17-14/h8,11,13H,2-7,9-10,15H2,1H3. The van der Waals surface area contributed by atoms with Crippen molar-refractivity contribution in [1.29, 1.82) is 0 Å². The van der Waals surface area contributed by atoms with E-state index in [1.165, 1.54) is 38.6 Å². The van der Waals surface area contributed by atoms with Crippen LogP contribution in [0.3, 0.4) is 0 Å². The summed E-state index contributed by atoms with van der Waals surface area (Å²) in [4.78, 5) is 2.58. The molecule has 1 fully saturated rings. The van der Waals surface area contributed by atoms with Crippen LogP contribution < -0.4 is 5.73 Å². The molecule has 1 aliphatic heterocycles. The minimum Gasteiger partial charge on any atom is -0.468 e. The molecule has 0 saturated carbocycles. The maximum atomic E-state index is 5.60. The molecular weight excluding hydrogens is 212 g/mol. The van der Waals surface area contributed by atoms with Crippen LogP contribution in [0.5, 0.6) is 0 Å². The highest BCUT2D eigenvalue weighted by Crippen LogP contribution is 2.23. The molecule has 1 saturated heterocycles. The fourth-order valence-electron chi connectivity index (χ4n) is 2.74. The largest absolute Gasteiger partial charge is 0.468 e. The number of rotatable bonds is 5. The van der Waals surface area contributed by atoms with E-state index in [1.807, 2.05) is 0 Å². The lowest BCUT2D eigenvalue weighted by atomic mass is 9.98. The van der Waals surface area contributed by atoms with Gasteiger partial charge in [-0.1, -0.05) is 19.8 Å². The Morgan fingerprint density at radius 3 is 3.06 bits per heavy atom. The van der Waals surface area contributed by atoms with Gasteiger partial charge in [0.15, 0.2) is 0 Å². The Morgan fingerprint density at radius 1 is 1.47 bits per heavy atom. The highest BCUT2D eigenvalue weighted by atomic mass is 16.3. The van der Waals surface area contributed by atoms with Crippen LogP contribution in [0.25, 0.3) is 0 Å². The van der Waals surface area contributed by atoms with Crippen LogP contribution in [0.1, 0.15) is 50.4 Å². The zero-order valence-electron chi connectivity index (χ0n) is 10.8. The van der Waals surface area contributed by atoms with Gasteiger partial charge in [-0.05, 0) is 31.9 Å². The molecule has 2 heterocycles. The molecule has 96 valence electrons. The lowest BCUT2D eigenvalue weighted by Gasteiger charge is -2.35. The number of furan rings is 1. The van der Waals surface area contributed by atoms with E-state index < -0.39 is 0 Å². The molecule has 2 rings (SSSR count). The minimum atomic E-state index is 0.571. The van der Waals surface area contributed by atoms with Crippen LogP contribution in [0, 0.1) is 0 Å². The highest BCUT2D eigenvalue weighted by Gasteiger charge is 2.22. The van der Waals surface area contributed by atoms with Gasteiger partial charge in [0.1, 0.15) is 5.76 Å². The van der Waals surface area contributed by atoms with Crippen molar-refractivity contribution in [3.63, 3.8) is 0 Å². The normalized spacial score (nSPS) is 21.9. The van der Waals surface area contributed by atoms with Gasteiger partial charge in [-0.15, -0.1) is 0 Å². The summed E-state index contributed by atoms with van der Waals surface area (Å²) in [6, 6.07) is 2.85. The van der Waals surface area contributed by atoms with Crippen molar-refractivity contribution < 1.29 is 4.42 Å². The summed E-state index contributed by atoms with van der Waals surface area (Å²) < 4.78 is 5.56. The molecule has 0 amide bonds. The van der Waals surface area contributed by atoms with Crippen molar-refractivity contribution in [3.8, 4) is 0 Å². The Labute approximate surface area is 104 Å². The second kappa shape index (κ2) is 6.22. The van der Waals surface area contributed by atoms with Gasteiger partial charge >= 0.3 is 0 Å². The second-order valence-corrected chi connectivity index (χ2v) is 5.03. The number of hydrogen-bond acceptors (Lipinski definition) is 3. The van der Waals surface area contributed by atoms with E-state index in [4.69, 9.17) is 10.2 Å². The Morgan fingerprint density at radius 2 is 2.35 bits per heavy atom. The number of piperidine rings is 1. The topological polar surface area (TPSA) is 42.4 Å². The van der Waals surface area contributed by atoms with Crippen molar-refractivity contribution in [3.05, 3.63) is 23.7 Å². The molecule has 0 aliphatic carbocycles. The molecule has 0 aromatic carbocycles. The molecule has 1 aliphatic rings. The Kier molecular flexibility index (Phi) is 4.63. The first-order valence-corrected chi connectivity index (χ1v) is 6.84. The van der Waals surface area contributed by atoms with Crippen molar-refractivity contribution in [1.82, 2.24) is 4.90 Å². The highest BCUT2D eigenvalue weighted by molar-refractivity contribution is 5.12. The molecule has 3 nitrogen and oxygen atoms in total. The Bertz CT molecular complexity index is 333. The summed E-state index contributed by atoms with van der Waals surface area (Å²) in [6.45, 7) is 5.00. The van der Waals surface area contributed by atoms with Crippen molar-refractivity contribution in [2.24, 2.45) is 5.73 Å². The lowest BCUT2D eigenvalue weighted by Crippen LogP contribution is -2.38. The molecule has 2 N–H and O–H groups in total. The zero-order valence-corrected chi connectivity index (χ0v) is 10.8. The quantitative estimate of drug-likeness (QED) is 0.854. The average molecular weight is 236 g/mol. The van der Waals surface area contributed by atoms with Crippen LogP contribution in [0.4, 0.5) is 0 Å². The van der Waals surface area contributed by atoms with Crippen LogP contribution in [-0.4, -0.2) is 17.5 Å². The molecule has 0 bridgehead atoms. The van der Waals surface area contributed by atoms with E-state index in [0.29, 0.717) is 6.54 Å². The molecule has 1 atom stereocenters. The van der Waals surface area contributed by atoms with E-state index in [0.717, 1.165) is 23.9 Å². The molecule has 17 heavy (non-hydrogen) atoms. The zero-order chi connectivity index (χ0) is 12.1. The molecule has 1 unspecified atom stereocenters. The smallest absolute Gasteiger partial charge is 0.118 e. The summed E-state index contributed by atoms with van der Waals surface area (Å²) in [5, 5.41) is 0. The van der Waals surface area contributed by atoms with E-state index >= 15 is 0 Å². The first kappa shape index (κ1) is 12.7. The molecule has 0 spiro atoms. The fraction of sp³-hybridized carbons (Fsp3) is 0.714. The van der Waals surface area contributed by atoms with Gasteiger partial charge in [0, 0.05) is 18.2 Å². The summed E-state index contributed by atoms with van der Waals surface area (Å²) in [5.41, 5.74) is 6.70. The first-order valence-electron chi connectivity index (χ1n) is 6.84. The van der Waals surface area contributed by atoms with Crippen LogP contribution in [0.15, 0.2) is 16.7 Å². The maximum Gasteiger partial charge on any atom is 0.118 e. The fourth-order valence-corrected chi connectivity index (χ4v) is 2.74. The second-order valence-electron chi connectivity index (χ2n) is 5.03. The summed E-state index contributed by atoms with van der Waals surface area (Å²) in [6.07, 6.45) is 8.42. The summed E-state index contributed by atoms with van der Waals surface area (Å²) >= 11 is 0. The third kappa shape index (κ3) is 3.33. The van der Waals surface area contributed by atoms with Gasteiger partial charge < -0.3 is 10.2 Å². The number of nitrogens with two attached hydrogens (primary N) is 1. The lowest BCUT2D eigenvalue weighted by molar-refractivity contribution is 0.122. The van der Waals surface area contributed by atoms with Crippen molar-refractivity contribution in [2.45, 2.75) is 58.2 Å². The summed E-state index contributed by atoms with van der Waals surface area (Å²) in [5.74, 6) is 1.06. The van der Waals surface area contributed by atoms with E-state index in [1.54, 1.807) is 6.26 Å². The van der Waals surface area contributed by atoms with E-state index in [2.05, 4.69) is 17.9 Å². The third-order valence-corrected chi connectivity index (χ3v) is 3.67. The molecule has 3 heteroatoms. The van der Waals surface area contributed by atoms with Gasteiger partial charge in [0.05, 0.1) is 12.8 Å². The number of hydrogen-bond donors (Lipinski definition) is 1. The Hall–Kier alpha value is -0.800. The maximum absolute atomic E-state index is 5.60. The van der Waals surface area contributed by atoms with Crippen LogP contribution >= 0.6 is 0 Å². The predicted molar refractivity (Wildman–Crippen MR) is 69.6 cm³/mol. The van der Waals surface area contributed by atoms with Crippen molar-refractivity contribution in [2.75, 3.05) is 6.54 Å². The van der Waals surface area contributed by atoms with Gasteiger partial charge in [-0.25, -0.2) is 0 Å². The van der Waals surface area contributed by atoms with Gasteiger partial charge in [-0.2, -0.15) is 0 Å². The molecular formula is C14H24N2O. The van der Waals surface area contributed by atoms with Crippen LogP contribution in [0.2, 0.25) is 0 Å². The Balaban J connectivity index is 1.95. The number of nitrogens with zero attached hydrogens (tertiary/aromatic N) is 1. The van der Waals surface area contributed by atoms with Gasteiger partial charge in [-0.3, -0.25) is 4.90 Å². The molecule has 1 aromatic heterocycles. The van der Waals surface area contributed by atoms with E-state index in [-0.39, 0.29) is 0 Å². The minimum absolute atomic E-state index is 0.571. The van der Waals surface area contributed by atoms with E-state index in [9.17, 15) is 0 Å². The monoisotopic (exact) mass is 236 g/mol. The SMILES string of the molecule is CCCC1CCCCN1Cc1cc(CN)co1. The van der Waals surface area contributed by atoms with Gasteiger partial charge in [0.25, 0.3) is 0 Å². The van der Waals surface area contributed by atoms with Gasteiger partial charge in [0.2, 0.25) is 0 Å². The first-order chi connectivity index (χ1) is 8.33. The number of likely N-dealkylation sites (tertiary alicyclic amines) is 1. The predicted octanol–water partition coefficient (Wildman–Crippen LogP) is 2.89. The molecule has 0 radical (unpaired) electrons. The van der Waals surface area contributed by atoms with Crippen LogP contribution in [-0.2, 0) is 13.1 Å². The van der Waals surface area contributed by atoms with Crippen molar-refractivity contribution >= 4 is 0 Å². The summed E-state index contributed by atoms with van der Waals surface area (Å²) in [7, 11) is 0. The average Bonchev–Trinajstić information content (AvgIpc) is 2.80.